The molecular weight excluding hydrogens is 393 g/mol. The largest absolute Gasteiger partial charge is 0.547 e. The molecule has 0 aliphatic heterocycles. The number of carboxylic acids is 1. The van der Waals surface area contributed by atoms with Crippen molar-refractivity contribution in [2.75, 3.05) is 6.61 Å². The zero-order valence-electron chi connectivity index (χ0n) is 8.28. The van der Waals surface area contributed by atoms with Crippen molar-refractivity contribution in [1.82, 2.24) is 6.15 Å². The Kier molecular flexibility index (Phi) is 18.1. The number of rotatable bonds is 5. The van der Waals surface area contributed by atoms with Gasteiger partial charge in [-0.25, -0.2) is 0 Å². The molecule has 16 heavy (non-hydrogen) atoms. The first-order valence-electron chi connectivity index (χ1n) is 3.45. The molecule has 0 radical (unpaired) electrons. The van der Waals surface area contributed by atoms with Crippen LogP contribution in [0.5, 0.6) is 0 Å². The average Bonchev–Trinajstić information content (AvgIpc) is 2.12. The molecule has 0 heterocycles. The summed E-state index contributed by atoms with van der Waals surface area (Å²) in [6.07, 6.45) is -8.08. The summed E-state index contributed by atoms with van der Waals surface area (Å²) in [6.45, 7) is -0.863. The van der Waals surface area contributed by atoms with Gasteiger partial charge >= 0.3 is 0 Å². The van der Waals surface area contributed by atoms with E-state index in [2.05, 4.69) is 0 Å². The van der Waals surface area contributed by atoms with Crippen LogP contribution in [0.2, 0.25) is 0 Å². The van der Waals surface area contributed by atoms with Gasteiger partial charge in [0.25, 0.3) is 0 Å². The number of hydrogen-bond acceptors (Lipinski definition) is 8. The first-order chi connectivity index (χ1) is 5.91. The van der Waals surface area contributed by atoms with Crippen molar-refractivity contribution in [3.63, 3.8) is 0 Å². The second kappa shape index (κ2) is 11.5. The molecule has 0 saturated carbocycles. The van der Waals surface area contributed by atoms with Gasteiger partial charge in [-0.15, -0.1) is 0 Å². The van der Waals surface area contributed by atoms with E-state index in [1.54, 1.807) is 0 Å². The molecule has 98 valence electrons. The van der Waals surface area contributed by atoms with Gasteiger partial charge in [-0.2, -0.15) is 0 Å². The van der Waals surface area contributed by atoms with E-state index in [-0.39, 0.29) is 37.5 Å². The van der Waals surface area contributed by atoms with Gasteiger partial charge in [0.15, 0.2) is 0 Å². The van der Waals surface area contributed by atoms with Gasteiger partial charge in [0.1, 0.15) is 24.4 Å². The van der Waals surface area contributed by atoms with E-state index in [0.717, 1.165) is 0 Å². The van der Waals surface area contributed by atoms with Gasteiger partial charge in [0.2, 0.25) is 0 Å². The zero-order chi connectivity index (χ0) is 10.6. The second-order valence-corrected chi connectivity index (χ2v) is 2.49. The summed E-state index contributed by atoms with van der Waals surface area (Å²) in [4.78, 5) is 9.98. The molecule has 0 aromatic carbocycles. The number of aliphatic hydroxyl groups is 5. The van der Waals surface area contributed by atoms with Crippen molar-refractivity contribution >= 4 is 5.97 Å². The van der Waals surface area contributed by atoms with E-state index in [4.69, 9.17) is 25.5 Å². The molecule has 4 atom stereocenters. The summed E-state index contributed by atoms with van der Waals surface area (Å²) in [6, 6.07) is 0. The number of carbonyl (C=O) groups is 1. The molecular formula is C6H16HfNO8-. The molecule has 0 spiro atoms. The quantitative estimate of drug-likeness (QED) is 0.241. The minimum Gasteiger partial charge on any atom is -0.547 e. The first-order valence-corrected chi connectivity index (χ1v) is 3.45. The third kappa shape index (κ3) is 7.35. The van der Waals surface area contributed by atoms with Crippen molar-refractivity contribution in [3.05, 3.63) is 0 Å². The third-order valence-corrected chi connectivity index (χ3v) is 1.50. The van der Waals surface area contributed by atoms with E-state index in [1.807, 2.05) is 0 Å². The van der Waals surface area contributed by atoms with Gasteiger partial charge in [-0.1, -0.05) is 0 Å². The molecule has 0 amide bonds. The Bertz CT molecular complexity index is 182. The molecule has 10 heteroatoms. The predicted molar refractivity (Wildman–Crippen MR) is 44.8 cm³/mol. The molecule has 10 N–H and O–H groups in total. The van der Waals surface area contributed by atoms with Crippen LogP contribution in [0.3, 0.4) is 0 Å². The van der Waals surface area contributed by atoms with E-state index < -0.39 is 37.0 Å². The summed E-state index contributed by atoms with van der Waals surface area (Å²) in [5, 5.41) is 53.4. The maximum absolute atomic E-state index is 9.98. The van der Waals surface area contributed by atoms with E-state index in [9.17, 15) is 9.90 Å². The number of aliphatic carboxylic acids is 1. The van der Waals surface area contributed by atoms with Gasteiger partial charge in [0, 0.05) is 25.8 Å². The molecule has 0 aliphatic rings. The number of carboxylic acid groups (broad SMARTS) is 1. The SMILES string of the molecule is N.O.O=C([O-])[C@H](O)[C@@H](O)[C@H](O)[C@H](O)CO.[Hf]. The van der Waals surface area contributed by atoms with Crippen molar-refractivity contribution in [2.45, 2.75) is 24.4 Å². The van der Waals surface area contributed by atoms with Crippen LogP contribution in [0.1, 0.15) is 0 Å². The van der Waals surface area contributed by atoms with Crippen molar-refractivity contribution in [2.24, 2.45) is 0 Å². The Labute approximate surface area is 110 Å². The maximum Gasteiger partial charge on any atom is 0.122 e. The van der Waals surface area contributed by atoms with Crippen LogP contribution in [0, 0.1) is 0 Å². The molecule has 0 aliphatic carbocycles. The molecule has 0 aromatic rings. The van der Waals surface area contributed by atoms with Gasteiger partial charge in [0.05, 0.1) is 12.6 Å². The number of aliphatic hydroxyl groups excluding tert-OH is 5. The van der Waals surface area contributed by atoms with Crippen LogP contribution in [-0.4, -0.2) is 68.0 Å². The molecule has 0 aromatic heterocycles. The molecule has 0 unspecified atom stereocenters. The Morgan fingerprint density at radius 2 is 1.50 bits per heavy atom. The average molecular weight is 409 g/mol. The fraction of sp³-hybridized carbons (Fsp3) is 0.833. The van der Waals surface area contributed by atoms with E-state index in [1.165, 1.54) is 0 Å². The maximum atomic E-state index is 9.98. The predicted octanol–water partition coefficient (Wildman–Crippen LogP) is -5.49. The molecule has 0 bridgehead atoms. The van der Waals surface area contributed by atoms with Crippen molar-refractivity contribution < 1.29 is 66.8 Å². The van der Waals surface area contributed by atoms with Crippen molar-refractivity contribution in [3.8, 4) is 0 Å². The van der Waals surface area contributed by atoms with Crippen LogP contribution in [0.25, 0.3) is 0 Å². The molecule has 0 rings (SSSR count). The summed E-state index contributed by atoms with van der Waals surface area (Å²) < 4.78 is 0. The standard InChI is InChI=1S/C6H12O7.Hf.H3N.H2O/c7-1-2(8)3(9)4(10)5(11)6(12)13;;;/h2-5,7-11H,1H2,(H,12,13);;1H3;1H2/p-1/t2-,3-,4+,5-;;;/m1.../s1. The van der Waals surface area contributed by atoms with Gasteiger partial charge in [-0.05, 0) is 0 Å². The first kappa shape index (κ1) is 25.0. The topological polar surface area (TPSA) is 208 Å². The number of hydrogen-bond donors (Lipinski definition) is 6. The fourth-order valence-corrected chi connectivity index (χ4v) is 0.662. The summed E-state index contributed by atoms with van der Waals surface area (Å²) in [7, 11) is 0. The Morgan fingerprint density at radius 1 is 1.12 bits per heavy atom. The van der Waals surface area contributed by atoms with Crippen molar-refractivity contribution in [1.29, 1.82) is 0 Å². The second-order valence-electron chi connectivity index (χ2n) is 2.49. The van der Waals surface area contributed by atoms with Crippen LogP contribution >= 0.6 is 0 Å². The smallest absolute Gasteiger partial charge is 0.122 e. The van der Waals surface area contributed by atoms with E-state index >= 15 is 0 Å². The monoisotopic (exact) mass is 410 g/mol. The molecule has 0 fully saturated rings. The van der Waals surface area contributed by atoms with Gasteiger partial charge < -0.3 is 47.1 Å². The summed E-state index contributed by atoms with van der Waals surface area (Å²) in [5.41, 5.74) is 0. The normalized spacial score (nSPS) is 16.6. The Hall–Kier alpha value is 0.0601. The zero-order valence-corrected chi connectivity index (χ0v) is 11.9. The third-order valence-electron chi connectivity index (χ3n) is 1.50. The van der Waals surface area contributed by atoms with Crippen LogP contribution in [0.15, 0.2) is 0 Å². The molecule has 0 saturated heterocycles. The summed E-state index contributed by atoms with van der Waals surface area (Å²) >= 11 is 0. The summed E-state index contributed by atoms with van der Waals surface area (Å²) in [5.74, 6) is -1.98. The Balaban J connectivity index is -0.000000240. The van der Waals surface area contributed by atoms with Crippen LogP contribution in [0.4, 0.5) is 0 Å². The van der Waals surface area contributed by atoms with Gasteiger partial charge in [-0.3, -0.25) is 0 Å². The fourth-order valence-electron chi connectivity index (χ4n) is 0.662. The van der Waals surface area contributed by atoms with E-state index in [0.29, 0.717) is 0 Å². The minimum atomic E-state index is -2.31. The Morgan fingerprint density at radius 3 is 1.75 bits per heavy atom. The van der Waals surface area contributed by atoms with Crippen LogP contribution in [-0.2, 0) is 30.6 Å². The van der Waals surface area contributed by atoms with Crippen LogP contribution < -0.4 is 11.3 Å². The molecule has 9 nitrogen and oxygen atoms in total. The number of carbonyl (C=O) groups excluding carboxylic acids is 1. The minimum absolute atomic E-state index is 0.